The zero-order chi connectivity index (χ0) is 15.1. The van der Waals surface area contributed by atoms with Gasteiger partial charge in [-0.05, 0) is 26.0 Å². The smallest absolute Gasteiger partial charge is 0.338 e. The molecule has 0 amide bonds. The summed E-state index contributed by atoms with van der Waals surface area (Å²) in [7, 11) is 0. The molecule has 20 heavy (non-hydrogen) atoms. The normalized spacial score (nSPS) is 9.55. The molecule has 5 heteroatoms. The van der Waals surface area contributed by atoms with Gasteiger partial charge in [0.2, 0.25) is 0 Å². The van der Waals surface area contributed by atoms with Crippen LogP contribution in [0.3, 0.4) is 0 Å². The van der Waals surface area contributed by atoms with Crippen LogP contribution >= 0.6 is 0 Å². The fraction of sp³-hybridized carbons (Fsp3) is 0.533. The van der Waals surface area contributed by atoms with Crippen LogP contribution in [0.4, 0.5) is 0 Å². The van der Waals surface area contributed by atoms with E-state index in [1.807, 2.05) is 19.9 Å². The second-order valence-electron chi connectivity index (χ2n) is 3.62. The molecule has 1 aromatic rings. The molecular weight excluding hydrogens is 260 g/mol. The van der Waals surface area contributed by atoms with Gasteiger partial charge in [0.15, 0.2) is 0 Å². The van der Waals surface area contributed by atoms with Crippen molar-refractivity contribution in [3.8, 4) is 0 Å². The number of benzene rings is 1. The summed E-state index contributed by atoms with van der Waals surface area (Å²) in [5, 5.41) is 8.42. The van der Waals surface area contributed by atoms with Gasteiger partial charge in [-0.25, -0.2) is 4.79 Å². The van der Waals surface area contributed by atoms with Gasteiger partial charge in [-0.2, -0.15) is 0 Å². The molecule has 0 aromatic heterocycles. The fourth-order valence-corrected chi connectivity index (χ4v) is 1.22. The Morgan fingerprint density at radius 1 is 1.00 bits per heavy atom. The van der Waals surface area contributed by atoms with Crippen molar-refractivity contribution in [2.45, 2.75) is 13.8 Å². The van der Waals surface area contributed by atoms with E-state index in [2.05, 4.69) is 0 Å². The van der Waals surface area contributed by atoms with Crippen molar-refractivity contribution in [2.75, 3.05) is 39.6 Å². The number of rotatable bonds is 8. The zero-order valence-corrected chi connectivity index (χ0v) is 12.2. The number of aliphatic hydroxyl groups is 1. The molecule has 0 fully saturated rings. The van der Waals surface area contributed by atoms with E-state index in [-0.39, 0.29) is 25.8 Å². The van der Waals surface area contributed by atoms with Gasteiger partial charge in [0.25, 0.3) is 0 Å². The van der Waals surface area contributed by atoms with Crippen molar-refractivity contribution in [1.29, 1.82) is 0 Å². The third-order valence-electron chi connectivity index (χ3n) is 2.11. The van der Waals surface area contributed by atoms with Crippen LogP contribution in [0.15, 0.2) is 30.3 Å². The summed E-state index contributed by atoms with van der Waals surface area (Å²) in [5.41, 5.74) is 0.527. The Bertz CT molecular complexity index is 324. The summed E-state index contributed by atoms with van der Waals surface area (Å²) in [6.07, 6.45) is 0. The molecule has 1 aromatic carbocycles. The first kappa shape index (κ1) is 18.6. The summed E-state index contributed by atoms with van der Waals surface area (Å²) < 4.78 is 14.7. The van der Waals surface area contributed by atoms with Crippen LogP contribution in [-0.2, 0) is 14.2 Å². The van der Waals surface area contributed by atoms with Gasteiger partial charge < -0.3 is 19.3 Å². The molecule has 5 nitrogen and oxygen atoms in total. The van der Waals surface area contributed by atoms with E-state index in [1.165, 1.54) is 0 Å². The average molecular weight is 284 g/mol. The Kier molecular flexibility index (Phi) is 13.0. The van der Waals surface area contributed by atoms with Crippen molar-refractivity contribution in [3.05, 3.63) is 35.9 Å². The highest BCUT2D eigenvalue weighted by atomic mass is 16.6. The van der Waals surface area contributed by atoms with Crippen molar-refractivity contribution < 1.29 is 24.1 Å². The topological polar surface area (TPSA) is 65.0 Å². The lowest BCUT2D eigenvalue weighted by atomic mass is 10.2. The van der Waals surface area contributed by atoms with E-state index in [4.69, 9.17) is 19.3 Å². The number of esters is 1. The Morgan fingerprint density at radius 3 is 2.15 bits per heavy atom. The number of hydrogen-bond acceptors (Lipinski definition) is 5. The summed E-state index contributed by atoms with van der Waals surface area (Å²) in [4.78, 5) is 11.4. The summed E-state index contributed by atoms with van der Waals surface area (Å²) in [6.45, 7) is 6.42. The van der Waals surface area contributed by atoms with Gasteiger partial charge in [0, 0.05) is 13.2 Å². The number of carbonyl (C=O) groups is 1. The number of ether oxygens (including phenoxy) is 3. The minimum absolute atomic E-state index is 0.0212. The lowest BCUT2D eigenvalue weighted by Gasteiger charge is -2.04. The molecule has 0 saturated carbocycles. The van der Waals surface area contributed by atoms with Crippen LogP contribution in [0.1, 0.15) is 24.2 Å². The SMILES string of the molecule is CCOCC.O=C(OCCOCCO)c1ccccc1. The Labute approximate surface area is 120 Å². The van der Waals surface area contributed by atoms with Crippen molar-refractivity contribution in [3.63, 3.8) is 0 Å². The van der Waals surface area contributed by atoms with Crippen LogP contribution < -0.4 is 0 Å². The predicted octanol–water partition coefficient (Wildman–Crippen LogP) is 1.90. The molecule has 0 aliphatic rings. The van der Waals surface area contributed by atoms with Gasteiger partial charge in [-0.1, -0.05) is 18.2 Å². The molecule has 0 saturated heterocycles. The van der Waals surface area contributed by atoms with Crippen molar-refractivity contribution >= 4 is 5.97 Å². The van der Waals surface area contributed by atoms with Crippen LogP contribution in [-0.4, -0.2) is 50.7 Å². The average Bonchev–Trinajstić information content (AvgIpc) is 2.49. The van der Waals surface area contributed by atoms with E-state index < -0.39 is 0 Å². The molecule has 0 aliphatic carbocycles. The summed E-state index contributed by atoms with van der Waals surface area (Å²) >= 11 is 0. The maximum Gasteiger partial charge on any atom is 0.338 e. The molecule has 0 bridgehead atoms. The lowest BCUT2D eigenvalue weighted by Crippen LogP contribution is -2.12. The van der Waals surface area contributed by atoms with Gasteiger partial charge in [0.05, 0.1) is 25.4 Å². The maximum absolute atomic E-state index is 11.4. The minimum atomic E-state index is -0.358. The third-order valence-corrected chi connectivity index (χ3v) is 2.11. The molecule has 114 valence electrons. The van der Waals surface area contributed by atoms with Gasteiger partial charge in [-0.3, -0.25) is 0 Å². The molecule has 0 aliphatic heterocycles. The van der Waals surface area contributed by atoms with E-state index in [9.17, 15) is 4.79 Å². The van der Waals surface area contributed by atoms with E-state index in [0.29, 0.717) is 12.2 Å². The second-order valence-corrected chi connectivity index (χ2v) is 3.62. The molecule has 0 heterocycles. The van der Waals surface area contributed by atoms with E-state index >= 15 is 0 Å². The highest BCUT2D eigenvalue weighted by molar-refractivity contribution is 5.89. The highest BCUT2D eigenvalue weighted by Crippen LogP contribution is 2.00. The zero-order valence-electron chi connectivity index (χ0n) is 12.2. The summed E-state index contributed by atoms with van der Waals surface area (Å²) in [6, 6.07) is 8.77. The standard InChI is InChI=1S/C11H14O4.C4H10O/c12-6-7-14-8-9-15-11(13)10-4-2-1-3-5-10;1-3-5-4-2/h1-5,12H,6-9H2;3-4H2,1-2H3. The van der Waals surface area contributed by atoms with Gasteiger partial charge in [-0.15, -0.1) is 0 Å². The van der Waals surface area contributed by atoms with Crippen LogP contribution in [0.5, 0.6) is 0 Å². The molecule has 0 unspecified atom stereocenters. The van der Waals surface area contributed by atoms with E-state index in [0.717, 1.165) is 13.2 Å². The minimum Gasteiger partial charge on any atom is -0.460 e. The molecule has 1 rings (SSSR count). The monoisotopic (exact) mass is 284 g/mol. The Morgan fingerprint density at radius 2 is 1.65 bits per heavy atom. The number of hydrogen-bond donors (Lipinski definition) is 1. The first-order valence-corrected chi connectivity index (χ1v) is 6.74. The summed E-state index contributed by atoms with van der Waals surface area (Å²) in [5.74, 6) is -0.358. The second kappa shape index (κ2) is 14.0. The van der Waals surface area contributed by atoms with Crippen molar-refractivity contribution in [1.82, 2.24) is 0 Å². The Balaban J connectivity index is 0.000000621. The molecule has 0 radical (unpaired) electrons. The van der Waals surface area contributed by atoms with Gasteiger partial charge in [0.1, 0.15) is 6.61 Å². The fourth-order valence-electron chi connectivity index (χ4n) is 1.22. The molecular formula is C15H24O5. The lowest BCUT2D eigenvalue weighted by molar-refractivity contribution is 0.0258. The van der Waals surface area contributed by atoms with Crippen LogP contribution in [0.25, 0.3) is 0 Å². The van der Waals surface area contributed by atoms with E-state index in [1.54, 1.807) is 24.3 Å². The highest BCUT2D eigenvalue weighted by Gasteiger charge is 2.04. The molecule has 0 spiro atoms. The first-order chi connectivity index (χ1) is 9.76. The van der Waals surface area contributed by atoms with Crippen LogP contribution in [0, 0.1) is 0 Å². The maximum atomic E-state index is 11.4. The molecule has 1 N–H and O–H groups in total. The number of aliphatic hydroxyl groups excluding tert-OH is 1. The third kappa shape index (κ3) is 10.5. The quantitative estimate of drug-likeness (QED) is 0.583. The first-order valence-electron chi connectivity index (χ1n) is 6.74. The molecule has 0 atom stereocenters. The van der Waals surface area contributed by atoms with Crippen LogP contribution in [0.2, 0.25) is 0 Å². The van der Waals surface area contributed by atoms with Gasteiger partial charge >= 0.3 is 5.97 Å². The van der Waals surface area contributed by atoms with Crippen molar-refractivity contribution in [2.24, 2.45) is 0 Å². The largest absolute Gasteiger partial charge is 0.460 e. The Hall–Kier alpha value is -1.43. The number of carbonyl (C=O) groups excluding carboxylic acids is 1. The predicted molar refractivity (Wildman–Crippen MR) is 76.8 cm³/mol.